The normalized spacial score (nSPS) is 14.6. The summed E-state index contributed by atoms with van der Waals surface area (Å²) in [5, 5.41) is 0.659. The molecule has 5 heteroatoms. The monoisotopic (exact) mass is 382 g/mol. The highest BCUT2D eigenvalue weighted by Crippen LogP contribution is 2.28. The molecule has 3 rings (SSSR count). The van der Waals surface area contributed by atoms with E-state index < -0.39 is 0 Å². The first-order valence-corrected chi connectivity index (χ1v) is 9.30. The van der Waals surface area contributed by atoms with Crippen LogP contribution in [0.2, 0.25) is 5.15 Å². The molecule has 1 aromatic heterocycles. The second-order valence-electron chi connectivity index (χ2n) is 5.16. The standard InChI is InChI=1S/C16H16BrClN2S/c17-11-5-4-6-12(9-11)21-10-15-19-14-8-3-1-2-7-13(14)16(18)20-15/h4-6,9H,1-3,7-8,10H2. The predicted octanol–water partition coefficient (Wildman–Crippen LogP) is 5.45. The molecule has 0 spiro atoms. The highest BCUT2D eigenvalue weighted by molar-refractivity contribution is 9.10. The molecule has 2 nitrogen and oxygen atoms in total. The summed E-state index contributed by atoms with van der Waals surface area (Å²) in [5.41, 5.74) is 2.34. The quantitative estimate of drug-likeness (QED) is 0.400. The van der Waals surface area contributed by atoms with E-state index in [1.54, 1.807) is 11.8 Å². The van der Waals surface area contributed by atoms with Crippen molar-refractivity contribution < 1.29 is 0 Å². The van der Waals surface area contributed by atoms with Crippen LogP contribution < -0.4 is 0 Å². The average Bonchev–Trinajstić information content (AvgIpc) is 2.71. The van der Waals surface area contributed by atoms with Gasteiger partial charge in [0, 0.05) is 20.6 Å². The van der Waals surface area contributed by atoms with E-state index in [9.17, 15) is 0 Å². The molecule has 2 aromatic rings. The first-order chi connectivity index (χ1) is 10.2. The molecule has 0 radical (unpaired) electrons. The molecule has 0 aliphatic heterocycles. The molecule has 21 heavy (non-hydrogen) atoms. The molecule has 0 amide bonds. The molecule has 0 saturated heterocycles. The van der Waals surface area contributed by atoms with Gasteiger partial charge in [0.2, 0.25) is 0 Å². The molecule has 0 unspecified atom stereocenters. The highest BCUT2D eigenvalue weighted by Gasteiger charge is 2.15. The third kappa shape index (κ3) is 3.99. The molecule has 0 fully saturated rings. The molecular formula is C16H16BrClN2S. The molecule has 0 N–H and O–H groups in total. The number of thioether (sulfide) groups is 1. The molecule has 1 aromatic carbocycles. The van der Waals surface area contributed by atoms with E-state index in [2.05, 4.69) is 33.0 Å². The van der Waals surface area contributed by atoms with Gasteiger partial charge in [0.25, 0.3) is 0 Å². The summed E-state index contributed by atoms with van der Waals surface area (Å²) >= 11 is 11.6. The van der Waals surface area contributed by atoms with Crippen LogP contribution in [0.3, 0.4) is 0 Å². The van der Waals surface area contributed by atoms with Gasteiger partial charge in [-0.25, -0.2) is 9.97 Å². The Bertz CT molecular complexity index is 648. The molecule has 1 aliphatic carbocycles. The maximum Gasteiger partial charge on any atom is 0.140 e. The summed E-state index contributed by atoms with van der Waals surface area (Å²) in [6, 6.07) is 8.27. The maximum absolute atomic E-state index is 6.36. The van der Waals surface area contributed by atoms with Crippen molar-refractivity contribution >= 4 is 39.3 Å². The first kappa shape index (κ1) is 15.3. The van der Waals surface area contributed by atoms with Gasteiger partial charge in [0.15, 0.2) is 0 Å². The lowest BCUT2D eigenvalue weighted by Gasteiger charge is -2.09. The molecular weight excluding hydrogens is 368 g/mol. The van der Waals surface area contributed by atoms with Gasteiger partial charge in [-0.3, -0.25) is 0 Å². The van der Waals surface area contributed by atoms with Crippen LogP contribution in [0.1, 0.15) is 36.3 Å². The van der Waals surface area contributed by atoms with Gasteiger partial charge in [-0.05, 0) is 43.9 Å². The number of benzene rings is 1. The molecule has 1 aliphatic rings. The number of hydrogen-bond acceptors (Lipinski definition) is 3. The largest absolute Gasteiger partial charge is 0.237 e. The Hall–Kier alpha value is -0.580. The zero-order valence-electron chi connectivity index (χ0n) is 11.6. The van der Waals surface area contributed by atoms with E-state index >= 15 is 0 Å². The number of aromatic nitrogens is 2. The van der Waals surface area contributed by atoms with Crippen molar-refractivity contribution in [3.05, 3.63) is 51.0 Å². The summed E-state index contributed by atoms with van der Waals surface area (Å²) in [6.45, 7) is 0. The Morgan fingerprint density at radius 2 is 2.00 bits per heavy atom. The van der Waals surface area contributed by atoms with Crippen LogP contribution in [0.5, 0.6) is 0 Å². The minimum absolute atomic E-state index is 0.659. The van der Waals surface area contributed by atoms with Crippen molar-refractivity contribution in [2.24, 2.45) is 0 Å². The third-order valence-corrected chi connectivity index (χ3v) is 5.39. The van der Waals surface area contributed by atoms with Gasteiger partial charge in [0.05, 0.1) is 5.75 Å². The molecule has 0 saturated carbocycles. The summed E-state index contributed by atoms with van der Waals surface area (Å²) in [6.07, 6.45) is 5.72. The Kier molecular flexibility index (Phi) is 5.19. The van der Waals surface area contributed by atoms with Crippen LogP contribution in [0.4, 0.5) is 0 Å². The van der Waals surface area contributed by atoms with E-state index in [-0.39, 0.29) is 0 Å². The summed E-state index contributed by atoms with van der Waals surface area (Å²) in [7, 11) is 0. The highest BCUT2D eigenvalue weighted by atomic mass is 79.9. The van der Waals surface area contributed by atoms with Gasteiger partial charge in [-0.1, -0.05) is 40.0 Å². The van der Waals surface area contributed by atoms with Crippen molar-refractivity contribution in [2.75, 3.05) is 0 Å². The van der Waals surface area contributed by atoms with E-state index in [0.29, 0.717) is 5.15 Å². The molecule has 0 atom stereocenters. The van der Waals surface area contributed by atoms with Crippen LogP contribution in [0.25, 0.3) is 0 Å². The van der Waals surface area contributed by atoms with Crippen molar-refractivity contribution in [2.45, 2.75) is 42.8 Å². The Balaban J connectivity index is 1.77. The fraction of sp³-hybridized carbons (Fsp3) is 0.375. The number of rotatable bonds is 3. The number of fused-ring (bicyclic) bond motifs is 1. The second kappa shape index (κ2) is 7.12. The fourth-order valence-corrected chi connectivity index (χ4v) is 4.20. The molecule has 110 valence electrons. The van der Waals surface area contributed by atoms with Gasteiger partial charge < -0.3 is 0 Å². The van der Waals surface area contributed by atoms with Crippen LogP contribution in [0, 0.1) is 0 Å². The topological polar surface area (TPSA) is 25.8 Å². The number of hydrogen-bond donors (Lipinski definition) is 0. The van der Waals surface area contributed by atoms with Gasteiger partial charge >= 0.3 is 0 Å². The van der Waals surface area contributed by atoms with Gasteiger partial charge in [-0.15, -0.1) is 11.8 Å². The SMILES string of the molecule is Clc1nc(CSc2cccc(Br)c2)nc2c1CCCCC2. The average molecular weight is 384 g/mol. The van der Waals surface area contributed by atoms with Gasteiger partial charge in [0.1, 0.15) is 11.0 Å². The van der Waals surface area contributed by atoms with Crippen LogP contribution in [0.15, 0.2) is 33.6 Å². The second-order valence-corrected chi connectivity index (χ2v) is 7.49. The van der Waals surface area contributed by atoms with Crippen LogP contribution in [-0.2, 0) is 18.6 Å². The van der Waals surface area contributed by atoms with E-state index in [1.165, 1.54) is 29.7 Å². The van der Waals surface area contributed by atoms with Gasteiger partial charge in [-0.2, -0.15) is 0 Å². The Labute approximate surface area is 142 Å². The minimum atomic E-state index is 0.659. The van der Waals surface area contributed by atoms with Crippen LogP contribution in [-0.4, -0.2) is 9.97 Å². The number of aryl methyl sites for hydroxylation is 1. The Morgan fingerprint density at radius 3 is 2.86 bits per heavy atom. The van der Waals surface area contributed by atoms with Crippen LogP contribution >= 0.6 is 39.3 Å². The van der Waals surface area contributed by atoms with Crippen molar-refractivity contribution in [1.29, 1.82) is 0 Å². The van der Waals surface area contributed by atoms with E-state index in [4.69, 9.17) is 16.6 Å². The number of halogens is 2. The predicted molar refractivity (Wildman–Crippen MR) is 92.0 cm³/mol. The Morgan fingerprint density at radius 1 is 1.14 bits per heavy atom. The molecule has 1 heterocycles. The number of nitrogens with zero attached hydrogens (tertiary/aromatic N) is 2. The van der Waals surface area contributed by atoms with E-state index in [1.807, 2.05) is 12.1 Å². The van der Waals surface area contributed by atoms with Crippen molar-refractivity contribution in [3.63, 3.8) is 0 Å². The van der Waals surface area contributed by atoms with E-state index in [0.717, 1.165) is 34.6 Å². The van der Waals surface area contributed by atoms with Crippen molar-refractivity contribution in [3.8, 4) is 0 Å². The zero-order valence-corrected chi connectivity index (χ0v) is 14.8. The third-order valence-electron chi connectivity index (χ3n) is 3.59. The summed E-state index contributed by atoms with van der Waals surface area (Å²) < 4.78 is 1.09. The minimum Gasteiger partial charge on any atom is -0.237 e. The summed E-state index contributed by atoms with van der Waals surface area (Å²) in [4.78, 5) is 10.4. The summed E-state index contributed by atoms with van der Waals surface area (Å²) in [5.74, 6) is 1.59. The molecule has 0 bridgehead atoms. The lowest BCUT2D eigenvalue weighted by atomic mass is 10.1. The zero-order chi connectivity index (χ0) is 14.7. The first-order valence-electron chi connectivity index (χ1n) is 7.15. The van der Waals surface area contributed by atoms with Crippen molar-refractivity contribution in [1.82, 2.24) is 9.97 Å². The maximum atomic E-state index is 6.36. The smallest absolute Gasteiger partial charge is 0.140 e. The fourth-order valence-electron chi connectivity index (χ4n) is 2.54. The lowest BCUT2D eigenvalue weighted by Crippen LogP contribution is -2.04. The lowest BCUT2D eigenvalue weighted by molar-refractivity contribution is 0.708.